The van der Waals surface area contributed by atoms with Crippen molar-refractivity contribution >= 4 is 34.5 Å². The van der Waals surface area contributed by atoms with Crippen LogP contribution in [0.1, 0.15) is 21.5 Å². The molecule has 2 N–H and O–H groups in total. The zero-order valence-electron chi connectivity index (χ0n) is 17.8. The molecule has 0 fully saturated rings. The Morgan fingerprint density at radius 2 is 1.79 bits per heavy atom. The first-order valence-corrected chi connectivity index (χ1v) is 11.6. The quantitative estimate of drug-likeness (QED) is 0.324. The molecule has 1 amide bonds. The van der Waals surface area contributed by atoms with Crippen LogP contribution in [0.15, 0.2) is 90.5 Å². The van der Waals surface area contributed by atoms with Gasteiger partial charge < -0.3 is 10.3 Å². The van der Waals surface area contributed by atoms with Crippen LogP contribution in [-0.4, -0.2) is 30.6 Å². The van der Waals surface area contributed by atoms with Crippen LogP contribution in [0.25, 0.3) is 11.0 Å². The number of H-pyrrole nitrogens is 1. The monoisotopic (exact) mass is 454 g/mol. The van der Waals surface area contributed by atoms with Gasteiger partial charge in [-0.2, -0.15) is 5.10 Å². The number of nitrogens with zero attached hydrogens (tertiary/aromatic N) is 4. The predicted octanol–water partition coefficient (Wildman–Crippen LogP) is 4.94. The van der Waals surface area contributed by atoms with Crippen LogP contribution in [0.2, 0.25) is 0 Å². The molecule has 33 heavy (non-hydrogen) atoms. The van der Waals surface area contributed by atoms with Crippen LogP contribution in [-0.2, 0) is 18.7 Å². The summed E-state index contributed by atoms with van der Waals surface area (Å²) in [5.74, 6) is 1.13. The first kappa shape index (κ1) is 21.0. The van der Waals surface area contributed by atoms with E-state index in [9.17, 15) is 4.79 Å². The minimum Gasteiger partial charge on any atom is -0.333 e. The van der Waals surface area contributed by atoms with E-state index < -0.39 is 0 Å². The molecule has 0 aliphatic rings. The summed E-state index contributed by atoms with van der Waals surface area (Å²) in [6.45, 7) is 0.734. The number of pyridine rings is 1. The molecule has 0 aliphatic heterocycles. The van der Waals surface area contributed by atoms with Crippen molar-refractivity contribution in [1.82, 2.24) is 24.7 Å². The summed E-state index contributed by atoms with van der Waals surface area (Å²) >= 11 is 1.64. The number of carbonyl (C=O) groups excluding carboxylic acids is 1. The van der Waals surface area contributed by atoms with Crippen LogP contribution in [0, 0.1) is 0 Å². The molecule has 2 aromatic carbocycles. The number of para-hydroxylation sites is 2. The third-order valence-corrected chi connectivity index (χ3v) is 6.16. The summed E-state index contributed by atoms with van der Waals surface area (Å²) in [5.41, 5.74) is 4.92. The lowest BCUT2D eigenvalue weighted by molar-refractivity contribution is 0.102. The van der Waals surface area contributed by atoms with Gasteiger partial charge in [0.05, 0.1) is 11.0 Å². The van der Waals surface area contributed by atoms with Gasteiger partial charge in [-0.3, -0.25) is 14.5 Å². The smallest absolute Gasteiger partial charge is 0.256 e. The van der Waals surface area contributed by atoms with Crippen molar-refractivity contribution in [1.29, 1.82) is 0 Å². The highest BCUT2D eigenvalue weighted by molar-refractivity contribution is 7.98. The molecule has 5 rings (SSSR count). The predicted molar refractivity (Wildman–Crippen MR) is 130 cm³/mol. The highest BCUT2D eigenvalue weighted by Crippen LogP contribution is 2.23. The Labute approximate surface area is 195 Å². The van der Waals surface area contributed by atoms with Crippen LogP contribution in [0.3, 0.4) is 0 Å². The zero-order valence-corrected chi connectivity index (χ0v) is 18.6. The number of hydrogen-bond donors (Lipinski definition) is 2. The minimum atomic E-state index is -0.175. The lowest BCUT2D eigenvalue weighted by Crippen LogP contribution is -2.13. The number of amides is 1. The van der Waals surface area contributed by atoms with Gasteiger partial charge in [-0.05, 0) is 53.9 Å². The summed E-state index contributed by atoms with van der Waals surface area (Å²) in [6, 6.07) is 21.4. The number of fused-ring (bicyclic) bond motifs is 1. The summed E-state index contributed by atoms with van der Waals surface area (Å²) < 4.78 is 1.83. The number of thioether (sulfide) groups is 1. The largest absolute Gasteiger partial charge is 0.333 e. The van der Waals surface area contributed by atoms with Gasteiger partial charge in [-0.25, -0.2) is 4.98 Å². The molecule has 164 valence electrons. The Morgan fingerprint density at radius 1 is 0.970 bits per heavy atom. The molecular formula is C25H22N6OS. The zero-order chi connectivity index (χ0) is 22.5. The number of nitrogens with one attached hydrogen (secondary N) is 2. The number of hydrogen-bond acceptors (Lipinski definition) is 5. The Bertz CT molecular complexity index is 1330. The highest BCUT2D eigenvalue weighted by atomic mass is 32.2. The third kappa shape index (κ3) is 5.30. The number of aryl methyl sites for hydroxylation is 2. The molecule has 0 unspecified atom stereocenters. The maximum absolute atomic E-state index is 12.6. The van der Waals surface area contributed by atoms with Crippen molar-refractivity contribution in [2.24, 2.45) is 0 Å². The first-order valence-electron chi connectivity index (χ1n) is 10.6. The number of anilines is 1. The van der Waals surface area contributed by atoms with E-state index in [1.807, 2.05) is 77.6 Å². The van der Waals surface area contributed by atoms with Gasteiger partial charge >= 0.3 is 0 Å². The Hall–Kier alpha value is -3.91. The Balaban J connectivity index is 1.14. The molecule has 0 aliphatic carbocycles. The van der Waals surface area contributed by atoms with Gasteiger partial charge in [0.25, 0.3) is 5.91 Å². The second-order valence-electron chi connectivity index (χ2n) is 7.57. The van der Waals surface area contributed by atoms with E-state index >= 15 is 0 Å². The van der Waals surface area contributed by atoms with E-state index in [1.165, 1.54) is 5.56 Å². The molecule has 0 atom stereocenters. The SMILES string of the molecule is O=C(Nc1ccn(CCc2ccncc2)n1)c1ccc(CSc2nc3ccccc3[nH]2)cc1. The summed E-state index contributed by atoms with van der Waals surface area (Å²) in [7, 11) is 0. The average Bonchev–Trinajstić information content (AvgIpc) is 3.48. The Morgan fingerprint density at radius 3 is 2.61 bits per heavy atom. The topological polar surface area (TPSA) is 88.5 Å². The van der Waals surface area contributed by atoms with Crippen molar-refractivity contribution in [2.45, 2.75) is 23.9 Å². The van der Waals surface area contributed by atoms with Crippen molar-refractivity contribution in [3.8, 4) is 0 Å². The van der Waals surface area contributed by atoms with Gasteiger partial charge in [-0.1, -0.05) is 36.0 Å². The van der Waals surface area contributed by atoms with Crippen molar-refractivity contribution in [3.63, 3.8) is 0 Å². The average molecular weight is 455 g/mol. The molecule has 7 nitrogen and oxygen atoms in total. The first-order chi connectivity index (χ1) is 16.2. The number of aromatic nitrogens is 5. The minimum absolute atomic E-state index is 0.175. The van der Waals surface area contributed by atoms with Crippen molar-refractivity contribution in [2.75, 3.05) is 5.32 Å². The van der Waals surface area contributed by atoms with Crippen molar-refractivity contribution in [3.05, 3.63) is 102 Å². The maximum Gasteiger partial charge on any atom is 0.256 e. The van der Waals surface area contributed by atoms with Gasteiger partial charge in [0.2, 0.25) is 0 Å². The molecule has 0 saturated carbocycles. The summed E-state index contributed by atoms with van der Waals surface area (Å²) in [6.07, 6.45) is 6.29. The number of aromatic amines is 1. The van der Waals surface area contributed by atoms with Crippen LogP contribution in [0.4, 0.5) is 5.82 Å². The van der Waals surface area contributed by atoms with Crippen LogP contribution in [0.5, 0.6) is 0 Å². The third-order valence-electron chi connectivity index (χ3n) is 5.22. The molecule has 8 heteroatoms. The number of rotatable bonds is 8. The standard InChI is InChI=1S/C25H22N6OS/c32-24(29-23-12-16-31(30-23)15-11-18-9-13-26-14-10-18)20-7-5-19(6-8-20)17-33-25-27-21-3-1-2-4-22(21)28-25/h1-10,12-14,16H,11,15,17H2,(H,27,28)(H,29,30,32). The second kappa shape index (κ2) is 9.70. The summed E-state index contributed by atoms with van der Waals surface area (Å²) in [4.78, 5) is 24.5. The summed E-state index contributed by atoms with van der Waals surface area (Å²) in [5, 5.41) is 8.20. The molecule has 0 bridgehead atoms. The fourth-order valence-electron chi connectivity index (χ4n) is 3.44. The highest BCUT2D eigenvalue weighted by Gasteiger charge is 2.09. The maximum atomic E-state index is 12.6. The van der Waals surface area contributed by atoms with E-state index in [0.29, 0.717) is 11.4 Å². The normalized spacial score (nSPS) is 11.0. The second-order valence-corrected chi connectivity index (χ2v) is 8.53. The van der Waals surface area contributed by atoms with E-state index in [4.69, 9.17) is 0 Å². The van der Waals surface area contributed by atoms with Crippen LogP contribution < -0.4 is 5.32 Å². The molecule has 5 aromatic rings. The van der Waals surface area contributed by atoms with Crippen molar-refractivity contribution < 1.29 is 4.79 Å². The van der Waals surface area contributed by atoms with E-state index in [-0.39, 0.29) is 5.91 Å². The fraction of sp³-hybridized carbons (Fsp3) is 0.120. The van der Waals surface area contributed by atoms with E-state index in [0.717, 1.165) is 40.5 Å². The number of benzene rings is 2. The molecule has 3 heterocycles. The fourth-order valence-corrected chi connectivity index (χ4v) is 4.28. The molecule has 0 saturated heterocycles. The molecule has 0 radical (unpaired) electrons. The molecular weight excluding hydrogens is 432 g/mol. The Kier molecular flexibility index (Phi) is 6.16. The number of carbonyl (C=O) groups is 1. The van der Waals surface area contributed by atoms with Gasteiger partial charge in [-0.15, -0.1) is 0 Å². The lowest BCUT2D eigenvalue weighted by atomic mass is 10.1. The van der Waals surface area contributed by atoms with Gasteiger partial charge in [0.15, 0.2) is 11.0 Å². The van der Waals surface area contributed by atoms with Crippen LogP contribution >= 0.6 is 11.8 Å². The van der Waals surface area contributed by atoms with E-state index in [2.05, 4.69) is 25.4 Å². The molecule has 0 spiro atoms. The number of imidazole rings is 1. The van der Waals surface area contributed by atoms with Gasteiger partial charge in [0, 0.05) is 42.5 Å². The van der Waals surface area contributed by atoms with E-state index in [1.54, 1.807) is 24.2 Å². The lowest BCUT2D eigenvalue weighted by Gasteiger charge is -2.05. The molecule has 3 aromatic heterocycles. The van der Waals surface area contributed by atoms with Gasteiger partial charge in [0.1, 0.15) is 0 Å².